The molecule has 32 heavy (non-hydrogen) atoms. The number of nitrogens with zero attached hydrogens (tertiary/aromatic N) is 1. The van der Waals surface area contributed by atoms with Gasteiger partial charge in [-0.15, -0.1) is 0 Å². The maximum Gasteiger partial charge on any atom is 0.336 e. The molecular formula is C23H26N2O7. The number of rotatable bonds is 6. The van der Waals surface area contributed by atoms with Gasteiger partial charge < -0.3 is 14.8 Å². The molecule has 2 aliphatic rings. The Morgan fingerprint density at radius 2 is 2.03 bits per heavy atom. The molecule has 0 spiro atoms. The molecule has 170 valence electrons. The van der Waals surface area contributed by atoms with Gasteiger partial charge in [-0.1, -0.05) is 26.0 Å². The lowest BCUT2D eigenvalue weighted by molar-refractivity contribution is -0.384. The molecule has 0 unspecified atom stereocenters. The lowest BCUT2D eigenvalue weighted by Crippen LogP contribution is -2.43. The zero-order chi connectivity index (χ0) is 23.6. The standard InChI is InChI=1S/C23H26N2O7/c1-5-9-32-23(28)18-13(3)24-16-10-12(2)17(22(27)31-4)21(26)20(16)19(18)14-7-6-8-15(11-14)25(29)30/h6-8,11-12,17,19,24H,5,9-10H2,1-4H3/t12-,17+,19-/m1/s1. The minimum absolute atomic E-state index is 0.164. The van der Waals surface area contributed by atoms with Crippen LogP contribution < -0.4 is 5.32 Å². The monoisotopic (exact) mass is 442 g/mol. The first-order valence-corrected chi connectivity index (χ1v) is 10.5. The second-order valence-corrected chi connectivity index (χ2v) is 8.02. The molecule has 0 amide bonds. The van der Waals surface area contributed by atoms with Crippen LogP contribution in [0.3, 0.4) is 0 Å². The number of hydrogen-bond donors (Lipinski definition) is 1. The minimum Gasteiger partial charge on any atom is -0.468 e. The first-order valence-electron chi connectivity index (χ1n) is 10.5. The Balaban J connectivity index is 2.20. The van der Waals surface area contributed by atoms with Crippen molar-refractivity contribution in [1.82, 2.24) is 5.32 Å². The van der Waals surface area contributed by atoms with Crippen molar-refractivity contribution in [3.63, 3.8) is 0 Å². The van der Waals surface area contributed by atoms with Crippen molar-refractivity contribution in [3.05, 3.63) is 62.5 Å². The maximum atomic E-state index is 13.6. The van der Waals surface area contributed by atoms with E-state index in [9.17, 15) is 24.5 Å². The fourth-order valence-electron chi connectivity index (χ4n) is 4.37. The third kappa shape index (κ3) is 4.15. The summed E-state index contributed by atoms with van der Waals surface area (Å²) in [6.45, 7) is 5.55. The van der Waals surface area contributed by atoms with Crippen LogP contribution >= 0.6 is 0 Å². The second kappa shape index (κ2) is 9.33. The zero-order valence-corrected chi connectivity index (χ0v) is 18.5. The summed E-state index contributed by atoms with van der Waals surface area (Å²) in [4.78, 5) is 49.8. The summed E-state index contributed by atoms with van der Waals surface area (Å²) in [7, 11) is 1.22. The molecule has 1 aliphatic carbocycles. The number of nitro groups is 1. The van der Waals surface area contributed by atoms with Gasteiger partial charge in [0.05, 0.1) is 24.2 Å². The summed E-state index contributed by atoms with van der Waals surface area (Å²) >= 11 is 0. The predicted octanol–water partition coefficient (Wildman–Crippen LogP) is 3.16. The third-order valence-electron chi connectivity index (χ3n) is 5.81. The van der Waals surface area contributed by atoms with Crippen molar-refractivity contribution in [3.8, 4) is 0 Å². The van der Waals surface area contributed by atoms with E-state index in [1.54, 1.807) is 19.9 Å². The van der Waals surface area contributed by atoms with E-state index in [-0.39, 0.29) is 29.4 Å². The molecule has 0 saturated carbocycles. The molecule has 0 aromatic heterocycles. The van der Waals surface area contributed by atoms with E-state index in [1.807, 2.05) is 6.92 Å². The molecule has 1 aromatic carbocycles. The lowest BCUT2D eigenvalue weighted by Gasteiger charge is -2.38. The molecule has 3 rings (SSSR count). The molecule has 1 N–H and O–H groups in total. The lowest BCUT2D eigenvalue weighted by atomic mass is 9.69. The molecule has 0 radical (unpaired) electrons. The number of hydrogen-bond acceptors (Lipinski definition) is 8. The number of methoxy groups -OCH3 is 1. The normalized spacial score (nSPS) is 22.8. The summed E-state index contributed by atoms with van der Waals surface area (Å²) < 4.78 is 10.2. The topological polar surface area (TPSA) is 125 Å². The molecule has 0 saturated heterocycles. The molecule has 1 aromatic rings. The molecule has 0 bridgehead atoms. The van der Waals surface area contributed by atoms with Crippen LogP contribution in [0.1, 0.15) is 45.1 Å². The number of nitro benzene ring substituents is 1. The van der Waals surface area contributed by atoms with Crippen molar-refractivity contribution >= 4 is 23.4 Å². The summed E-state index contributed by atoms with van der Waals surface area (Å²) in [5.41, 5.74) is 1.80. The Labute approximate surface area is 185 Å². The van der Waals surface area contributed by atoms with Crippen molar-refractivity contribution in [2.45, 2.75) is 39.5 Å². The van der Waals surface area contributed by atoms with Gasteiger partial charge in [0.25, 0.3) is 5.69 Å². The van der Waals surface area contributed by atoms with Gasteiger partial charge in [0, 0.05) is 35.0 Å². The van der Waals surface area contributed by atoms with Gasteiger partial charge in [-0.25, -0.2) is 4.79 Å². The molecule has 0 fully saturated rings. The molecule has 9 nitrogen and oxygen atoms in total. The maximum absolute atomic E-state index is 13.6. The summed E-state index contributed by atoms with van der Waals surface area (Å²) in [5, 5.41) is 14.5. The highest BCUT2D eigenvalue weighted by molar-refractivity contribution is 6.12. The van der Waals surface area contributed by atoms with E-state index in [4.69, 9.17) is 9.47 Å². The largest absolute Gasteiger partial charge is 0.468 e. The number of allylic oxidation sites excluding steroid dienone is 3. The van der Waals surface area contributed by atoms with Crippen LogP contribution in [0.5, 0.6) is 0 Å². The number of ketones is 1. The highest BCUT2D eigenvalue weighted by Gasteiger charge is 2.47. The number of ether oxygens (including phenoxy) is 2. The number of Topliss-reactive ketones (excluding diaryl/α,β-unsaturated/α-hetero) is 1. The first-order chi connectivity index (χ1) is 15.2. The Morgan fingerprint density at radius 1 is 1.31 bits per heavy atom. The smallest absolute Gasteiger partial charge is 0.336 e. The van der Waals surface area contributed by atoms with Crippen LogP contribution in [0.2, 0.25) is 0 Å². The molecule has 1 aliphatic heterocycles. The predicted molar refractivity (Wildman–Crippen MR) is 114 cm³/mol. The van der Waals surface area contributed by atoms with Crippen molar-refractivity contribution in [2.24, 2.45) is 11.8 Å². The van der Waals surface area contributed by atoms with Gasteiger partial charge in [0.1, 0.15) is 5.92 Å². The van der Waals surface area contributed by atoms with Gasteiger partial charge in [-0.05, 0) is 31.2 Å². The highest BCUT2D eigenvalue weighted by atomic mass is 16.6. The Hall–Kier alpha value is -3.49. The van der Waals surface area contributed by atoms with Gasteiger partial charge in [0.2, 0.25) is 0 Å². The average Bonchev–Trinajstić information content (AvgIpc) is 2.76. The Bertz CT molecular complexity index is 1040. The summed E-state index contributed by atoms with van der Waals surface area (Å²) in [5.74, 6) is -3.94. The fraction of sp³-hybridized carbons (Fsp3) is 0.435. The van der Waals surface area contributed by atoms with Crippen LogP contribution in [0.4, 0.5) is 5.69 Å². The van der Waals surface area contributed by atoms with Gasteiger partial charge in [0.15, 0.2) is 5.78 Å². The molecule has 1 heterocycles. The third-order valence-corrected chi connectivity index (χ3v) is 5.81. The molecule has 9 heteroatoms. The van der Waals surface area contributed by atoms with E-state index in [0.29, 0.717) is 29.8 Å². The number of benzene rings is 1. The number of esters is 2. The van der Waals surface area contributed by atoms with Gasteiger partial charge in [-0.3, -0.25) is 19.7 Å². The zero-order valence-electron chi connectivity index (χ0n) is 18.5. The fourth-order valence-corrected chi connectivity index (χ4v) is 4.37. The minimum atomic E-state index is -1.02. The Morgan fingerprint density at radius 3 is 2.66 bits per heavy atom. The van der Waals surface area contributed by atoms with Crippen LogP contribution in [0.25, 0.3) is 0 Å². The van der Waals surface area contributed by atoms with Crippen molar-refractivity contribution in [1.29, 1.82) is 0 Å². The van der Waals surface area contributed by atoms with Crippen molar-refractivity contribution < 1.29 is 28.8 Å². The average molecular weight is 442 g/mol. The number of carbonyl (C=O) groups excluding carboxylic acids is 3. The van der Waals surface area contributed by atoms with E-state index in [0.717, 1.165) is 0 Å². The Kier molecular flexibility index (Phi) is 6.76. The van der Waals surface area contributed by atoms with E-state index >= 15 is 0 Å². The number of non-ortho nitro benzene ring substituents is 1. The summed E-state index contributed by atoms with van der Waals surface area (Å²) in [6, 6.07) is 5.83. The van der Waals surface area contributed by atoms with Crippen LogP contribution in [-0.2, 0) is 23.9 Å². The van der Waals surface area contributed by atoms with Gasteiger partial charge >= 0.3 is 11.9 Å². The molecular weight excluding hydrogens is 416 g/mol. The number of carbonyl (C=O) groups is 3. The SMILES string of the molecule is CCCOC(=O)C1=C(C)NC2=C(C(=O)[C@@H](C(=O)OC)[C@H](C)C2)[C@@H]1c1cccc([N+](=O)[O-])c1. The van der Waals surface area contributed by atoms with E-state index in [1.165, 1.54) is 25.3 Å². The van der Waals surface area contributed by atoms with Crippen LogP contribution in [-0.4, -0.2) is 36.4 Å². The quantitative estimate of drug-likeness (QED) is 0.308. The molecule has 3 atom stereocenters. The first kappa shape index (κ1) is 23.2. The highest BCUT2D eigenvalue weighted by Crippen LogP contribution is 2.45. The van der Waals surface area contributed by atoms with Crippen LogP contribution in [0.15, 0.2) is 46.8 Å². The second-order valence-electron chi connectivity index (χ2n) is 8.02. The summed E-state index contributed by atoms with van der Waals surface area (Å²) in [6.07, 6.45) is 1.00. The number of nitrogens with one attached hydrogen (secondary N) is 1. The van der Waals surface area contributed by atoms with E-state index < -0.39 is 34.5 Å². The van der Waals surface area contributed by atoms with Gasteiger partial charge in [-0.2, -0.15) is 0 Å². The van der Waals surface area contributed by atoms with Crippen molar-refractivity contribution in [2.75, 3.05) is 13.7 Å². The van der Waals surface area contributed by atoms with E-state index in [2.05, 4.69) is 5.32 Å². The van der Waals surface area contributed by atoms with Crippen LogP contribution in [0, 0.1) is 22.0 Å². The number of dihydropyridines is 1.